The van der Waals surface area contributed by atoms with Gasteiger partial charge in [-0.3, -0.25) is 4.90 Å². The number of nitrogens with one attached hydrogen (secondary N) is 1. The molecule has 138 valence electrons. The number of halogens is 1. The Kier molecular flexibility index (Phi) is 4.98. The van der Waals surface area contributed by atoms with Crippen LogP contribution >= 0.6 is 11.6 Å². The highest BCUT2D eigenvalue weighted by Gasteiger charge is 2.28. The Bertz CT molecular complexity index is 807. The predicted molar refractivity (Wildman–Crippen MR) is 103 cm³/mol. The molecule has 0 spiro atoms. The fraction of sp³-hybridized carbons (Fsp3) is 0.474. The molecular weight excluding hydrogens is 350 g/mol. The molecule has 1 saturated heterocycles. The molecule has 2 aliphatic rings. The van der Waals surface area contributed by atoms with Gasteiger partial charge in [-0.05, 0) is 30.7 Å². The number of ether oxygens (including phenoxy) is 1. The molecule has 0 atom stereocenters. The van der Waals surface area contributed by atoms with Gasteiger partial charge in [-0.25, -0.2) is 9.97 Å². The second-order valence-corrected chi connectivity index (χ2v) is 7.27. The van der Waals surface area contributed by atoms with E-state index in [4.69, 9.17) is 26.3 Å². The molecule has 2 aromatic rings. The van der Waals surface area contributed by atoms with E-state index in [2.05, 4.69) is 15.1 Å². The summed E-state index contributed by atoms with van der Waals surface area (Å²) in [6, 6.07) is 5.80. The van der Waals surface area contributed by atoms with E-state index in [-0.39, 0.29) is 0 Å². The van der Waals surface area contributed by atoms with Crippen molar-refractivity contribution in [2.45, 2.75) is 26.6 Å². The van der Waals surface area contributed by atoms with Gasteiger partial charge in [-0.2, -0.15) is 0 Å². The van der Waals surface area contributed by atoms with Gasteiger partial charge in [-0.1, -0.05) is 11.6 Å². The van der Waals surface area contributed by atoms with Crippen molar-refractivity contribution >= 4 is 17.4 Å². The summed E-state index contributed by atoms with van der Waals surface area (Å²) in [7, 11) is 1.68. The van der Waals surface area contributed by atoms with Gasteiger partial charge >= 0.3 is 0 Å². The number of rotatable bonds is 4. The van der Waals surface area contributed by atoms with Crippen LogP contribution in [0.5, 0.6) is 5.75 Å². The number of hydrogen-bond acceptors (Lipinski definition) is 6. The number of hydrogen-bond donors (Lipinski definition) is 1. The number of aromatic nitrogens is 2. The highest BCUT2D eigenvalue weighted by atomic mass is 35.5. The number of methoxy groups -OCH3 is 1. The molecule has 1 fully saturated rings. The van der Waals surface area contributed by atoms with E-state index in [1.807, 2.05) is 25.1 Å². The van der Waals surface area contributed by atoms with Crippen LogP contribution in [0.25, 0.3) is 0 Å². The zero-order valence-electron chi connectivity index (χ0n) is 15.3. The number of nitrogens with zero attached hydrogens (tertiary/aromatic N) is 4. The van der Waals surface area contributed by atoms with Crippen molar-refractivity contribution in [3.8, 4) is 5.75 Å². The molecule has 0 saturated carbocycles. The van der Waals surface area contributed by atoms with E-state index in [1.54, 1.807) is 7.11 Å². The summed E-state index contributed by atoms with van der Waals surface area (Å²) < 4.78 is 5.34. The van der Waals surface area contributed by atoms with Crippen molar-refractivity contribution < 1.29 is 4.74 Å². The number of aryl methyl sites for hydroxylation is 1. The van der Waals surface area contributed by atoms with Gasteiger partial charge in [0, 0.05) is 56.4 Å². The van der Waals surface area contributed by atoms with Crippen LogP contribution in [0.15, 0.2) is 18.2 Å². The Morgan fingerprint density at radius 3 is 2.77 bits per heavy atom. The van der Waals surface area contributed by atoms with Crippen LogP contribution in [0.4, 0.5) is 5.82 Å². The van der Waals surface area contributed by atoms with Crippen molar-refractivity contribution in [1.29, 1.82) is 0 Å². The zero-order chi connectivity index (χ0) is 18.1. The van der Waals surface area contributed by atoms with Gasteiger partial charge in [0.2, 0.25) is 0 Å². The fourth-order valence-electron chi connectivity index (χ4n) is 3.71. The average molecular weight is 374 g/mol. The summed E-state index contributed by atoms with van der Waals surface area (Å²) in [5.74, 6) is 2.78. The second-order valence-electron chi connectivity index (χ2n) is 6.86. The summed E-state index contributed by atoms with van der Waals surface area (Å²) in [5, 5.41) is 4.17. The van der Waals surface area contributed by atoms with E-state index in [1.165, 1.54) is 5.56 Å². The first kappa shape index (κ1) is 17.5. The Morgan fingerprint density at radius 1 is 1.19 bits per heavy atom. The average Bonchev–Trinajstić information content (AvgIpc) is 3.05. The van der Waals surface area contributed by atoms with Gasteiger partial charge in [0.05, 0.1) is 12.8 Å². The minimum absolute atomic E-state index is 0.770. The van der Waals surface area contributed by atoms with Gasteiger partial charge < -0.3 is 15.0 Å². The lowest BCUT2D eigenvalue weighted by Gasteiger charge is -2.30. The topological polar surface area (TPSA) is 53.5 Å². The van der Waals surface area contributed by atoms with Crippen LogP contribution in [-0.4, -0.2) is 48.2 Å². The first-order chi connectivity index (χ1) is 12.6. The highest BCUT2D eigenvalue weighted by molar-refractivity contribution is 6.31. The number of fused-ring (bicyclic) bond motifs is 1. The molecule has 2 aliphatic heterocycles. The number of benzene rings is 1. The summed E-state index contributed by atoms with van der Waals surface area (Å²) >= 11 is 6.40. The molecule has 0 bridgehead atoms. The summed E-state index contributed by atoms with van der Waals surface area (Å²) in [4.78, 5) is 14.2. The van der Waals surface area contributed by atoms with Gasteiger partial charge in [-0.15, -0.1) is 0 Å². The summed E-state index contributed by atoms with van der Waals surface area (Å²) in [6.45, 7) is 8.41. The summed E-state index contributed by atoms with van der Waals surface area (Å²) in [6.07, 6.45) is 0. The molecular formula is C19H24ClN5O. The Balaban J connectivity index is 1.57. The maximum Gasteiger partial charge on any atom is 0.137 e. The lowest BCUT2D eigenvalue weighted by molar-refractivity contribution is 0.273. The van der Waals surface area contributed by atoms with E-state index in [9.17, 15) is 0 Å². The fourth-order valence-corrected chi connectivity index (χ4v) is 3.89. The smallest absolute Gasteiger partial charge is 0.137 e. The second kappa shape index (κ2) is 7.39. The molecule has 26 heavy (non-hydrogen) atoms. The minimum atomic E-state index is 0.770. The third-order valence-electron chi connectivity index (χ3n) is 5.00. The largest absolute Gasteiger partial charge is 0.497 e. The third kappa shape index (κ3) is 3.49. The Morgan fingerprint density at radius 2 is 2.00 bits per heavy atom. The molecule has 0 unspecified atom stereocenters. The SMILES string of the molecule is COc1ccc(Cl)c(CN2Cc3nc(C)nc(N4CCNCC4)c3C2)c1. The quantitative estimate of drug-likeness (QED) is 0.888. The van der Waals surface area contributed by atoms with Crippen LogP contribution in [0.1, 0.15) is 22.6 Å². The van der Waals surface area contributed by atoms with Crippen molar-refractivity contribution in [3.63, 3.8) is 0 Å². The third-order valence-corrected chi connectivity index (χ3v) is 5.37. The Hall–Kier alpha value is -1.89. The monoisotopic (exact) mass is 373 g/mol. The molecule has 4 rings (SSSR count). The number of anilines is 1. The van der Waals surface area contributed by atoms with Crippen LogP contribution in [-0.2, 0) is 19.6 Å². The van der Waals surface area contributed by atoms with Crippen LogP contribution in [0, 0.1) is 6.92 Å². The standard InChI is InChI=1S/C19H24ClN5O/c1-13-22-18-12-24(10-14-9-15(26-2)3-4-17(14)20)11-16(18)19(23-13)25-7-5-21-6-8-25/h3-4,9,21H,5-8,10-12H2,1-2H3. The van der Waals surface area contributed by atoms with Crippen molar-refractivity contribution in [1.82, 2.24) is 20.2 Å². The zero-order valence-corrected chi connectivity index (χ0v) is 16.0. The van der Waals surface area contributed by atoms with Crippen LogP contribution in [0.2, 0.25) is 5.02 Å². The van der Waals surface area contributed by atoms with E-state index < -0.39 is 0 Å². The maximum atomic E-state index is 6.40. The molecule has 7 heteroatoms. The predicted octanol–water partition coefficient (Wildman–Crippen LogP) is 2.37. The highest BCUT2D eigenvalue weighted by Crippen LogP contribution is 2.32. The van der Waals surface area contributed by atoms with Gasteiger partial charge in [0.1, 0.15) is 17.4 Å². The lowest BCUT2D eigenvalue weighted by atomic mass is 10.2. The maximum absolute atomic E-state index is 6.40. The molecule has 1 N–H and O–H groups in total. The van der Waals surface area contributed by atoms with Crippen molar-refractivity contribution in [2.24, 2.45) is 0 Å². The van der Waals surface area contributed by atoms with Crippen LogP contribution in [0.3, 0.4) is 0 Å². The van der Waals surface area contributed by atoms with Crippen molar-refractivity contribution in [3.05, 3.63) is 45.9 Å². The number of piperazine rings is 1. The van der Waals surface area contributed by atoms with Gasteiger partial charge in [0.25, 0.3) is 0 Å². The lowest BCUT2D eigenvalue weighted by Crippen LogP contribution is -2.44. The summed E-state index contributed by atoms with van der Waals surface area (Å²) in [5.41, 5.74) is 3.48. The van der Waals surface area contributed by atoms with Crippen molar-refractivity contribution in [2.75, 3.05) is 38.2 Å². The van der Waals surface area contributed by atoms with Gasteiger partial charge in [0.15, 0.2) is 0 Å². The van der Waals surface area contributed by atoms with E-state index in [0.29, 0.717) is 0 Å². The molecule has 0 aliphatic carbocycles. The van der Waals surface area contributed by atoms with E-state index >= 15 is 0 Å². The Labute approximate surface area is 159 Å². The van der Waals surface area contributed by atoms with Crippen LogP contribution < -0.4 is 15.0 Å². The minimum Gasteiger partial charge on any atom is -0.497 e. The molecule has 1 aromatic carbocycles. The van der Waals surface area contributed by atoms with E-state index in [0.717, 1.165) is 79.5 Å². The molecule has 1 aromatic heterocycles. The molecule has 0 amide bonds. The molecule has 0 radical (unpaired) electrons. The molecule has 6 nitrogen and oxygen atoms in total. The first-order valence-electron chi connectivity index (χ1n) is 9.01. The molecule has 3 heterocycles. The normalized spacial score (nSPS) is 17.4. The first-order valence-corrected chi connectivity index (χ1v) is 9.38.